The van der Waals surface area contributed by atoms with Crippen LogP contribution >= 0.6 is 31.9 Å². The third kappa shape index (κ3) is 1.63. The zero-order valence-corrected chi connectivity index (χ0v) is 14.9. The van der Waals surface area contributed by atoms with Crippen molar-refractivity contribution in [3.05, 3.63) is 103 Å². The Kier molecular flexibility index (Phi) is 2.71. The van der Waals surface area contributed by atoms with Gasteiger partial charge >= 0.3 is 0 Å². The van der Waals surface area contributed by atoms with Gasteiger partial charge in [0.15, 0.2) is 0 Å². The van der Waals surface area contributed by atoms with Gasteiger partial charge in [0.2, 0.25) is 0 Å². The quantitative estimate of drug-likeness (QED) is 0.284. The molecule has 0 aliphatic heterocycles. The zero-order chi connectivity index (χ0) is 14.8. The van der Waals surface area contributed by atoms with Gasteiger partial charge in [-0.05, 0) is 57.6 Å². The summed E-state index contributed by atoms with van der Waals surface area (Å²) in [5.74, 6) is 0.716. The third-order valence-corrected chi connectivity index (χ3v) is 5.95. The highest BCUT2D eigenvalue weighted by Gasteiger charge is 2.40. The van der Waals surface area contributed by atoms with E-state index < -0.39 is 0 Å². The summed E-state index contributed by atoms with van der Waals surface area (Å²) >= 11 is 7.29. The third-order valence-electron chi connectivity index (χ3n) is 4.96. The van der Waals surface area contributed by atoms with Crippen molar-refractivity contribution in [2.24, 2.45) is 0 Å². The van der Waals surface area contributed by atoms with Crippen LogP contribution in [-0.4, -0.2) is 0 Å². The molecule has 2 bridgehead atoms. The predicted molar refractivity (Wildman–Crippen MR) is 96.6 cm³/mol. The SMILES string of the molecule is Brc1ccc2c(c1)[C@@H]1c3ccccc3[C@H]2c2cc(Br)ccc21. The Morgan fingerprint density at radius 2 is 0.909 bits per heavy atom. The lowest BCUT2D eigenvalue weighted by Crippen LogP contribution is -2.27. The van der Waals surface area contributed by atoms with Crippen molar-refractivity contribution in [2.45, 2.75) is 11.8 Å². The number of hydrogen-bond donors (Lipinski definition) is 0. The van der Waals surface area contributed by atoms with Crippen LogP contribution in [-0.2, 0) is 0 Å². The molecule has 0 amide bonds. The van der Waals surface area contributed by atoms with Gasteiger partial charge in [-0.15, -0.1) is 0 Å². The number of hydrogen-bond acceptors (Lipinski definition) is 0. The van der Waals surface area contributed by atoms with E-state index in [1.54, 1.807) is 0 Å². The van der Waals surface area contributed by atoms with Crippen LogP contribution in [0, 0.1) is 0 Å². The summed E-state index contributed by atoms with van der Waals surface area (Å²) in [6, 6.07) is 22.4. The van der Waals surface area contributed by atoms with Crippen molar-refractivity contribution < 1.29 is 0 Å². The number of rotatable bonds is 0. The van der Waals surface area contributed by atoms with Crippen molar-refractivity contribution in [2.75, 3.05) is 0 Å². The van der Waals surface area contributed by atoms with Crippen LogP contribution in [0.25, 0.3) is 0 Å². The van der Waals surface area contributed by atoms with Crippen molar-refractivity contribution in [3.63, 3.8) is 0 Å². The second-order valence-electron chi connectivity index (χ2n) is 6.04. The van der Waals surface area contributed by atoms with Crippen LogP contribution in [0.3, 0.4) is 0 Å². The van der Waals surface area contributed by atoms with E-state index in [0.717, 1.165) is 8.95 Å². The number of halogens is 2. The Hall–Kier alpha value is -1.38. The maximum atomic E-state index is 3.65. The van der Waals surface area contributed by atoms with Gasteiger partial charge in [-0.3, -0.25) is 0 Å². The van der Waals surface area contributed by atoms with Crippen molar-refractivity contribution in [3.8, 4) is 0 Å². The molecule has 0 N–H and O–H groups in total. The lowest BCUT2D eigenvalue weighted by molar-refractivity contribution is 0.753. The molecule has 3 aliphatic rings. The molecule has 0 fully saturated rings. The summed E-state index contributed by atoms with van der Waals surface area (Å²) in [5.41, 5.74) is 8.75. The molecule has 6 rings (SSSR count). The van der Waals surface area contributed by atoms with E-state index in [1.165, 1.54) is 33.4 Å². The van der Waals surface area contributed by atoms with Gasteiger partial charge in [0.05, 0.1) is 0 Å². The largest absolute Gasteiger partial charge is 0.0619 e. The average Bonchev–Trinajstić information content (AvgIpc) is 2.54. The molecule has 3 aromatic carbocycles. The summed E-state index contributed by atoms with van der Waals surface area (Å²) in [4.78, 5) is 0. The Balaban J connectivity index is 1.90. The first kappa shape index (κ1) is 13.1. The molecule has 22 heavy (non-hydrogen) atoms. The van der Waals surface area contributed by atoms with E-state index in [4.69, 9.17) is 0 Å². The van der Waals surface area contributed by atoms with Gasteiger partial charge in [-0.25, -0.2) is 0 Å². The molecule has 0 spiro atoms. The minimum Gasteiger partial charge on any atom is -0.0619 e. The highest BCUT2D eigenvalue weighted by Crippen LogP contribution is 2.56. The summed E-state index contributed by atoms with van der Waals surface area (Å²) < 4.78 is 2.32. The standard InChI is InChI=1S/C20H12Br2/c21-11-6-8-16-17(9-11)19-13-3-1-2-4-14(13)20(16)18-10-12(22)5-7-15(18)19/h1-10,19-20H/t19-,20-/m1/s1. The minimum atomic E-state index is 0.358. The van der Waals surface area contributed by atoms with Gasteiger partial charge < -0.3 is 0 Å². The average molecular weight is 412 g/mol. The van der Waals surface area contributed by atoms with Gasteiger partial charge in [-0.1, -0.05) is 68.3 Å². The molecule has 0 saturated carbocycles. The maximum Gasteiger partial charge on any atom is 0.0349 e. The first-order chi connectivity index (χ1) is 10.7. The fourth-order valence-electron chi connectivity index (χ4n) is 4.16. The topological polar surface area (TPSA) is 0 Å². The molecule has 0 nitrogen and oxygen atoms in total. The lowest BCUT2D eigenvalue weighted by atomic mass is 9.61. The van der Waals surface area contributed by atoms with Crippen LogP contribution < -0.4 is 0 Å². The van der Waals surface area contributed by atoms with Crippen LogP contribution in [0.15, 0.2) is 69.6 Å². The van der Waals surface area contributed by atoms with Crippen molar-refractivity contribution >= 4 is 31.9 Å². The number of benzene rings is 3. The van der Waals surface area contributed by atoms with Gasteiger partial charge in [0.1, 0.15) is 0 Å². The van der Waals surface area contributed by atoms with E-state index in [9.17, 15) is 0 Å². The monoisotopic (exact) mass is 410 g/mol. The highest BCUT2D eigenvalue weighted by atomic mass is 79.9. The molecule has 2 atom stereocenters. The summed E-state index contributed by atoms with van der Waals surface area (Å²) in [6.45, 7) is 0. The Morgan fingerprint density at radius 1 is 0.500 bits per heavy atom. The molecule has 0 radical (unpaired) electrons. The zero-order valence-electron chi connectivity index (χ0n) is 11.7. The fourth-order valence-corrected chi connectivity index (χ4v) is 4.92. The molecule has 106 valence electrons. The van der Waals surface area contributed by atoms with Crippen LogP contribution in [0.2, 0.25) is 0 Å². The summed E-state index contributed by atoms with van der Waals surface area (Å²) in [6.07, 6.45) is 0. The van der Waals surface area contributed by atoms with E-state index in [2.05, 4.69) is 92.5 Å². The first-order valence-corrected chi connectivity index (χ1v) is 9.00. The Labute approximate surface area is 146 Å². The van der Waals surface area contributed by atoms with E-state index in [1.807, 2.05) is 0 Å². The summed E-state index contributed by atoms with van der Waals surface area (Å²) in [7, 11) is 0. The van der Waals surface area contributed by atoms with Gasteiger partial charge in [0, 0.05) is 20.8 Å². The maximum absolute atomic E-state index is 3.65. The molecule has 3 aliphatic carbocycles. The van der Waals surface area contributed by atoms with Crippen LogP contribution in [0.4, 0.5) is 0 Å². The van der Waals surface area contributed by atoms with Crippen LogP contribution in [0.5, 0.6) is 0 Å². The minimum absolute atomic E-state index is 0.358. The van der Waals surface area contributed by atoms with Crippen molar-refractivity contribution in [1.82, 2.24) is 0 Å². The molecule has 0 heterocycles. The smallest absolute Gasteiger partial charge is 0.0349 e. The molecule has 2 heteroatoms. The predicted octanol–water partition coefficient (Wildman–Crippen LogP) is 6.20. The molecular formula is C20H12Br2. The lowest BCUT2D eigenvalue weighted by Gasteiger charge is -2.42. The second-order valence-corrected chi connectivity index (χ2v) is 7.87. The Morgan fingerprint density at radius 3 is 1.36 bits per heavy atom. The highest BCUT2D eigenvalue weighted by molar-refractivity contribution is 9.10. The van der Waals surface area contributed by atoms with E-state index >= 15 is 0 Å². The van der Waals surface area contributed by atoms with Crippen LogP contribution in [0.1, 0.15) is 45.2 Å². The Bertz CT molecular complexity index is 850. The van der Waals surface area contributed by atoms with E-state index in [0.29, 0.717) is 11.8 Å². The van der Waals surface area contributed by atoms with E-state index in [-0.39, 0.29) is 0 Å². The first-order valence-electron chi connectivity index (χ1n) is 7.41. The second kappa shape index (κ2) is 4.56. The normalized spacial score (nSPS) is 20.3. The van der Waals surface area contributed by atoms with Crippen molar-refractivity contribution in [1.29, 1.82) is 0 Å². The van der Waals surface area contributed by atoms with Gasteiger partial charge in [0.25, 0.3) is 0 Å². The molecule has 0 unspecified atom stereocenters. The summed E-state index contributed by atoms with van der Waals surface area (Å²) in [5, 5.41) is 0. The molecule has 0 saturated heterocycles. The molecule has 3 aromatic rings. The molecule has 0 aromatic heterocycles. The molecular weight excluding hydrogens is 400 g/mol. The fraction of sp³-hybridized carbons (Fsp3) is 0.100. The van der Waals surface area contributed by atoms with Gasteiger partial charge in [-0.2, -0.15) is 0 Å².